The molecule has 0 N–H and O–H groups in total. The predicted octanol–water partition coefficient (Wildman–Crippen LogP) is 5.15. The maximum absolute atomic E-state index is 12.5. The van der Waals surface area contributed by atoms with Crippen LogP contribution >= 0.6 is 11.8 Å². The van der Waals surface area contributed by atoms with E-state index in [1.807, 2.05) is 23.6 Å². The van der Waals surface area contributed by atoms with Crippen LogP contribution in [-0.4, -0.2) is 31.2 Å². The lowest BCUT2D eigenvalue weighted by molar-refractivity contribution is -0.384. The quantitative estimate of drug-likeness (QED) is 0.226. The van der Waals surface area contributed by atoms with Crippen LogP contribution in [0.15, 0.2) is 53.7 Å². The number of nitrogens with zero attached hydrogens (tertiary/aromatic N) is 4. The van der Waals surface area contributed by atoms with Gasteiger partial charge in [0.05, 0.1) is 10.7 Å². The van der Waals surface area contributed by atoms with Gasteiger partial charge in [-0.2, -0.15) is 0 Å². The summed E-state index contributed by atoms with van der Waals surface area (Å²) in [5.74, 6) is 0.691. The Labute approximate surface area is 179 Å². The average Bonchev–Trinajstić information content (AvgIpc) is 3.14. The van der Waals surface area contributed by atoms with Crippen LogP contribution < -0.4 is 0 Å². The van der Waals surface area contributed by atoms with Gasteiger partial charge in [0.2, 0.25) is 0 Å². The van der Waals surface area contributed by atoms with Gasteiger partial charge in [0.15, 0.2) is 16.8 Å². The predicted molar refractivity (Wildman–Crippen MR) is 118 cm³/mol. The van der Waals surface area contributed by atoms with Crippen LogP contribution in [0.25, 0.3) is 11.4 Å². The molecule has 0 spiro atoms. The van der Waals surface area contributed by atoms with E-state index in [-0.39, 0.29) is 22.6 Å². The van der Waals surface area contributed by atoms with Crippen molar-refractivity contribution in [1.29, 1.82) is 0 Å². The number of aromatic nitrogens is 3. The molecule has 0 aliphatic rings. The Bertz CT molecular complexity index is 1070. The summed E-state index contributed by atoms with van der Waals surface area (Å²) in [6.45, 7) is 9.18. The van der Waals surface area contributed by atoms with Crippen LogP contribution in [0.2, 0.25) is 0 Å². The Balaban J connectivity index is 1.77. The van der Waals surface area contributed by atoms with Crippen molar-refractivity contribution < 1.29 is 9.72 Å². The summed E-state index contributed by atoms with van der Waals surface area (Å²) in [6, 6.07) is 14.1. The highest BCUT2D eigenvalue weighted by atomic mass is 32.2. The number of thioether (sulfide) groups is 1. The average molecular weight is 425 g/mol. The zero-order chi connectivity index (χ0) is 21.9. The molecular formula is C22H24N4O3S. The third-order valence-electron chi connectivity index (χ3n) is 4.75. The zero-order valence-electron chi connectivity index (χ0n) is 17.5. The molecule has 0 unspecified atom stereocenters. The van der Waals surface area contributed by atoms with Gasteiger partial charge in [-0.15, -0.1) is 10.2 Å². The van der Waals surface area contributed by atoms with E-state index in [0.717, 1.165) is 11.4 Å². The molecule has 0 bridgehead atoms. The largest absolute Gasteiger partial charge is 0.302 e. The molecule has 0 radical (unpaired) electrons. The van der Waals surface area contributed by atoms with E-state index in [4.69, 9.17) is 0 Å². The number of hydrogen-bond acceptors (Lipinski definition) is 6. The summed E-state index contributed by atoms with van der Waals surface area (Å²) in [4.78, 5) is 22.9. The molecule has 3 rings (SSSR count). The van der Waals surface area contributed by atoms with Crippen LogP contribution in [0.3, 0.4) is 0 Å². The number of Topliss-reactive ketones (excluding diaryl/α,β-unsaturated/α-hetero) is 1. The van der Waals surface area contributed by atoms with Crippen molar-refractivity contribution >= 4 is 23.2 Å². The zero-order valence-corrected chi connectivity index (χ0v) is 18.3. The molecule has 0 aliphatic carbocycles. The SMILES string of the molecule is CCn1c(SCC(=O)c2cccc([N+](=O)[O-])c2)nnc1-c1ccc(C(C)(C)C)cc1. The molecule has 30 heavy (non-hydrogen) atoms. The Hall–Kier alpha value is -3.00. The lowest BCUT2D eigenvalue weighted by atomic mass is 9.87. The van der Waals surface area contributed by atoms with Crippen molar-refractivity contribution in [2.75, 3.05) is 5.75 Å². The molecule has 156 valence electrons. The smallest absolute Gasteiger partial charge is 0.270 e. The molecule has 2 aromatic carbocycles. The van der Waals surface area contributed by atoms with Gasteiger partial charge in [-0.3, -0.25) is 14.9 Å². The number of nitro benzene ring substituents is 1. The van der Waals surface area contributed by atoms with E-state index in [0.29, 0.717) is 17.3 Å². The fraction of sp³-hybridized carbons (Fsp3) is 0.318. The first-order valence-corrected chi connectivity index (χ1v) is 10.6. The lowest BCUT2D eigenvalue weighted by Crippen LogP contribution is -2.10. The molecule has 3 aromatic rings. The van der Waals surface area contributed by atoms with Gasteiger partial charge in [-0.1, -0.05) is 68.9 Å². The van der Waals surface area contributed by atoms with Crippen molar-refractivity contribution in [1.82, 2.24) is 14.8 Å². The molecule has 0 amide bonds. The second-order valence-electron chi connectivity index (χ2n) is 7.90. The molecule has 8 heteroatoms. The van der Waals surface area contributed by atoms with E-state index in [9.17, 15) is 14.9 Å². The first-order valence-electron chi connectivity index (χ1n) is 9.65. The van der Waals surface area contributed by atoms with Crippen LogP contribution in [0, 0.1) is 10.1 Å². The van der Waals surface area contributed by atoms with Crippen LogP contribution in [0.1, 0.15) is 43.6 Å². The van der Waals surface area contributed by atoms with E-state index in [2.05, 4.69) is 43.1 Å². The number of hydrogen-bond donors (Lipinski definition) is 0. The van der Waals surface area contributed by atoms with Crippen LogP contribution in [-0.2, 0) is 12.0 Å². The van der Waals surface area contributed by atoms with Gasteiger partial charge in [0, 0.05) is 29.8 Å². The molecule has 0 saturated heterocycles. The van der Waals surface area contributed by atoms with Crippen LogP contribution in [0.4, 0.5) is 5.69 Å². The summed E-state index contributed by atoms with van der Waals surface area (Å²) >= 11 is 1.28. The minimum absolute atomic E-state index is 0.0742. The van der Waals surface area contributed by atoms with Crippen molar-refractivity contribution in [3.63, 3.8) is 0 Å². The summed E-state index contributed by atoms with van der Waals surface area (Å²) < 4.78 is 1.97. The van der Waals surface area contributed by atoms with Crippen molar-refractivity contribution in [2.24, 2.45) is 0 Å². The molecule has 7 nitrogen and oxygen atoms in total. The third-order valence-corrected chi connectivity index (χ3v) is 5.72. The normalized spacial score (nSPS) is 11.5. The van der Waals surface area contributed by atoms with Crippen molar-refractivity contribution in [3.8, 4) is 11.4 Å². The number of benzene rings is 2. The van der Waals surface area contributed by atoms with Gasteiger partial charge in [-0.05, 0) is 17.9 Å². The second kappa shape index (κ2) is 8.79. The number of rotatable bonds is 7. The number of carbonyl (C=O) groups is 1. The number of nitro groups is 1. The maximum Gasteiger partial charge on any atom is 0.270 e. The molecule has 1 heterocycles. The maximum atomic E-state index is 12.5. The molecule has 0 saturated carbocycles. The Morgan fingerprint density at radius 1 is 1.13 bits per heavy atom. The monoisotopic (exact) mass is 424 g/mol. The van der Waals surface area contributed by atoms with Gasteiger partial charge >= 0.3 is 0 Å². The van der Waals surface area contributed by atoms with E-state index in [1.165, 1.54) is 35.5 Å². The molecule has 0 aliphatic heterocycles. The first-order chi connectivity index (χ1) is 14.2. The number of carbonyl (C=O) groups excluding carboxylic acids is 1. The summed E-state index contributed by atoms with van der Waals surface area (Å²) in [6.07, 6.45) is 0. The fourth-order valence-electron chi connectivity index (χ4n) is 3.02. The topological polar surface area (TPSA) is 90.9 Å². The standard InChI is InChI=1S/C22H24N4O3S/c1-5-25-20(15-9-11-17(12-10-15)22(2,3)4)23-24-21(25)30-14-19(27)16-7-6-8-18(13-16)26(28)29/h6-13H,5,14H2,1-4H3. The molecule has 1 aromatic heterocycles. The highest BCUT2D eigenvalue weighted by Crippen LogP contribution is 2.28. The molecule has 0 fully saturated rings. The minimum atomic E-state index is -0.505. The summed E-state index contributed by atoms with van der Waals surface area (Å²) in [7, 11) is 0. The van der Waals surface area contributed by atoms with E-state index < -0.39 is 4.92 Å². The van der Waals surface area contributed by atoms with Gasteiger partial charge < -0.3 is 4.57 Å². The minimum Gasteiger partial charge on any atom is -0.302 e. The Morgan fingerprint density at radius 3 is 2.43 bits per heavy atom. The summed E-state index contributed by atoms with van der Waals surface area (Å²) in [5, 5.41) is 20.2. The lowest BCUT2D eigenvalue weighted by Gasteiger charge is -2.19. The van der Waals surface area contributed by atoms with Crippen molar-refractivity contribution in [3.05, 3.63) is 69.8 Å². The molecular weight excluding hydrogens is 400 g/mol. The van der Waals surface area contributed by atoms with Crippen molar-refractivity contribution in [2.45, 2.75) is 44.8 Å². The third kappa shape index (κ3) is 4.76. The fourth-order valence-corrected chi connectivity index (χ4v) is 3.92. The van der Waals surface area contributed by atoms with Gasteiger partial charge in [-0.25, -0.2) is 0 Å². The van der Waals surface area contributed by atoms with Gasteiger partial charge in [0.1, 0.15) is 0 Å². The molecule has 0 atom stereocenters. The summed E-state index contributed by atoms with van der Waals surface area (Å²) in [5.41, 5.74) is 2.51. The number of non-ortho nitro benzene ring substituents is 1. The Morgan fingerprint density at radius 2 is 1.83 bits per heavy atom. The van der Waals surface area contributed by atoms with E-state index in [1.54, 1.807) is 6.07 Å². The highest BCUT2D eigenvalue weighted by Gasteiger charge is 2.18. The number of ketones is 1. The van der Waals surface area contributed by atoms with Gasteiger partial charge in [0.25, 0.3) is 5.69 Å². The highest BCUT2D eigenvalue weighted by molar-refractivity contribution is 7.99. The second-order valence-corrected chi connectivity index (χ2v) is 8.84. The Kier molecular flexibility index (Phi) is 6.36. The van der Waals surface area contributed by atoms with E-state index >= 15 is 0 Å². The first kappa shape index (κ1) is 21.7. The van der Waals surface area contributed by atoms with Crippen LogP contribution in [0.5, 0.6) is 0 Å².